The highest BCUT2D eigenvalue weighted by atomic mass is 32.2. The second-order valence-corrected chi connectivity index (χ2v) is 11.8. The van der Waals surface area contributed by atoms with Crippen LogP contribution in [0.25, 0.3) is 0 Å². The van der Waals surface area contributed by atoms with Crippen LogP contribution in [0.4, 0.5) is 5.69 Å². The zero-order valence-corrected chi connectivity index (χ0v) is 23.6. The Kier molecular flexibility index (Phi) is 8.51. The number of aryl methyl sites for hydroxylation is 2. The number of aromatic nitrogens is 5. The quantitative estimate of drug-likeness (QED) is 0.360. The van der Waals surface area contributed by atoms with Crippen LogP contribution in [0.5, 0.6) is 5.75 Å². The van der Waals surface area contributed by atoms with Gasteiger partial charge in [0.05, 0.1) is 24.8 Å². The number of nitrogens with one attached hydrogen (secondary N) is 1. The molecule has 40 heavy (non-hydrogen) atoms. The second kappa shape index (κ2) is 11.7. The number of rotatable bonds is 9. The molecule has 15 nitrogen and oxygen atoms in total. The molecule has 16 heteroatoms. The van der Waals surface area contributed by atoms with Crippen molar-refractivity contribution in [3.8, 4) is 5.75 Å². The molecule has 4 rings (SSSR count). The van der Waals surface area contributed by atoms with E-state index in [0.717, 1.165) is 0 Å². The van der Waals surface area contributed by atoms with Crippen molar-refractivity contribution in [3.63, 3.8) is 0 Å². The van der Waals surface area contributed by atoms with Gasteiger partial charge in [0.15, 0.2) is 5.76 Å². The largest absolute Gasteiger partial charge is 0.488 e. The van der Waals surface area contributed by atoms with Gasteiger partial charge in [0.25, 0.3) is 5.91 Å². The molecule has 0 bridgehead atoms. The van der Waals surface area contributed by atoms with Gasteiger partial charge in [-0.05, 0) is 49.4 Å². The average molecular weight is 577 g/mol. The summed E-state index contributed by atoms with van der Waals surface area (Å²) in [5, 5.41) is 27.0. The normalized spacial score (nSPS) is 18.6. The van der Waals surface area contributed by atoms with Crippen molar-refractivity contribution in [3.05, 3.63) is 41.5 Å². The first-order chi connectivity index (χ1) is 18.9. The molecule has 2 amide bonds. The Labute approximate surface area is 231 Å². The predicted octanol–water partition coefficient (Wildman–Crippen LogP) is 0.457. The van der Waals surface area contributed by atoms with E-state index in [2.05, 4.69) is 26.0 Å². The number of ether oxygens (including phenoxy) is 1. The number of aliphatic hydroxyl groups excluding tert-OH is 1. The topological polar surface area (TPSA) is 186 Å². The maximum Gasteiger partial charge on any atom is 0.258 e. The Morgan fingerprint density at radius 1 is 1.32 bits per heavy atom. The lowest BCUT2D eigenvalue weighted by atomic mass is 9.99. The Bertz CT molecular complexity index is 1450. The van der Waals surface area contributed by atoms with E-state index in [-0.39, 0.29) is 59.8 Å². The van der Waals surface area contributed by atoms with E-state index in [4.69, 9.17) is 9.26 Å². The summed E-state index contributed by atoms with van der Waals surface area (Å²) in [4.78, 5) is 27.6. The third kappa shape index (κ3) is 5.97. The first kappa shape index (κ1) is 29.1. The van der Waals surface area contributed by atoms with Crippen molar-refractivity contribution in [1.29, 1.82) is 0 Å². The van der Waals surface area contributed by atoms with Gasteiger partial charge in [-0.15, -0.1) is 5.10 Å². The molecular weight excluding hydrogens is 544 g/mol. The van der Waals surface area contributed by atoms with Crippen LogP contribution in [0.3, 0.4) is 0 Å². The van der Waals surface area contributed by atoms with Gasteiger partial charge in [-0.25, -0.2) is 13.1 Å². The van der Waals surface area contributed by atoms with E-state index in [1.54, 1.807) is 26.0 Å². The summed E-state index contributed by atoms with van der Waals surface area (Å²) in [6, 6.07) is 4.10. The van der Waals surface area contributed by atoms with E-state index in [1.807, 2.05) is 6.92 Å². The minimum absolute atomic E-state index is 0.00154. The highest BCUT2D eigenvalue weighted by molar-refractivity contribution is 7.89. The van der Waals surface area contributed by atoms with Gasteiger partial charge in [0.2, 0.25) is 15.9 Å². The smallest absolute Gasteiger partial charge is 0.258 e. The lowest BCUT2D eigenvalue weighted by Gasteiger charge is -2.38. The second-order valence-electron chi connectivity index (χ2n) is 9.83. The number of carbonyl (C=O) groups is 2. The maximum atomic E-state index is 13.6. The van der Waals surface area contributed by atoms with Crippen LogP contribution in [-0.2, 0) is 21.4 Å². The molecule has 0 spiro atoms. The highest BCUT2D eigenvalue weighted by Crippen LogP contribution is 2.31. The minimum atomic E-state index is -3.95. The van der Waals surface area contributed by atoms with Crippen LogP contribution >= 0.6 is 0 Å². The molecule has 3 aromatic rings. The monoisotopic (exact) mass is 576 g/mol. The van der Waals surface area contributed by atoms with Crippen molar-refractivity contribution in [1.82, 2.24) is 34.6 Å². The number of tetrazole rings is 1. The number of benzene rings is 1. The first-order valence-electron chi connectivity index (χ1n) is 12.5. The van der Waals surface area contributed by atoms with E-state index in [0.29, 0.717) is 5.69 Å². The molecule has 0 saturated carbocycles. The van der Waals surface area contributed by atoms with Crippen LogP contribution in [-0.4, -0.2) is 98.8 Å². The molecule has 1 aliphatic heterocycles. The SMILES string of the molecule is Cc1noc(C)c1S(=O)(=O)N(C)C[C@H]1Oc2ccc(NC(=O)Cn3cnnn3)cc2C(=O)N([C@@H](C)CO)C[C@H]1C. The number of nitrogens with zero attached hydrogens (tertiary/aromatic N) is 7. The molecule has 0 saturated heterocycles. The van der Waals surface area contributed by atoms with Crippen molar-refractivity contribution < 1.29 is 32.4 Å². The number of aliphatic hydroxyl groups is 1. The van der Waals surface area contributed by atoms with Crippen molar-refractivity contribution in [2.75, 3.05) is 32.1 Å². The Morgan fingerprint density at radius 3 is 2.70 bits per heavy atom. The molecule has 0 fully saturated rings. The fraction of sp³-hybridized carbons (Fsp3) is 0.500. The van der Waals surface area contributed by atoms with Gasteiger partial charge in [-0.3, -0.25) is 9.59 Å². The van der Waals surface area contributed by atoms with Gasteiger partial charge in [0.1, 0.15) is 35.3 Å². The number of anilines is 1. The number of fused-ring (bicyclic) bond motifs is 1. The Morgan fingerprint density at radius 2 is 2.08 bits per heavy atom. The van der Waals surface area contributed by atoms with Crippen molar-refractivity contribution in [2.45, 2.75) is 51.3 Å². The number of amides is 2. The molecule has 0 aliphatic carbocycles. The Hall–Kier alpha value is -3.89. The van der Waals surface area contributed by atoms with Crippen LogP contribution in [0, 0.1) is 19.8 Å². The summed E-state index contributed by atoms with van der Waals surface area (Å²) in [7, 11) is -2.51. The third-order valence-electron chi connectivity index (χ3n) is 6.72. The van der Waals surface area contributed by atoms with E-state index in [9.17, 15) is 23.1 Å². The van der Waals surface area contributed by atoms with Crippen LogP contribution in [0.2, 0.25) is 0 Å². The number of likely N-dealkylation sites (N-methyl/N-ethyl adjacent to an activating group) is 1. The van der Waals surface area contributed by atoms with Crippen LogP contribution in [0.1, 0.15) is 35.7 Å². The zero-order chi connectivity index (χ0) is 29.2. The zero-order valence-electron chi connectivity index (χ0n) is 22.8. The molecule has 2 aromatic heterocycles. The van der Waals surface area contributed by atoms with Gasteiger partial charge < -0.3 is 24.6 Å². The number of hydrogen-bond donors (Lipinski definition) is 2. The molecular formula is C24H32N8O7S. The summed E-state index contributed by atoms with van der Waals surface area (Å²) >= 11 is 0. The van der Waals surface area contributed by atoms with E-state index >= 15 is 0 Å². The van der Waals surface area contributed by atoms with Crippen molar-refractivity contribution in [2.24, 2.45) is 5.92 Å². The standard InChI is InChI=1S/C24H32N8O7S/c1-14-9-32(15(2)12-33)24(35)19-8-18(26-22(34)11-31-13-25-28-29-31)6-7-20(19)38-21(14)10-30(5)40(36,37)23-16(3)27-39-17(23)4/h6-8,13-15,21,33H,9-12H2,1-5H3,(H,26,34)/t14-,15+,21-/m1/s1. The summed E-state index contributed by atoms with van der Waals surface area (Å²) in [6.45, 7) is 6.41. The minimum Gasteiger partial charge on any atom is -0.488 e. The van der Waals surface area contributed by atoms with Gasteiger partial charge in [-0.1, -0.05) is 12.1 Å². The molecule has 1 aromatic carbocycles. The average Bonchev–Trinajstić information content (AvgIpc) is 3.54. The highest BCUT2D eigenvalue weighted by Gasteiger charge is 2.36. The van der Waals surface area contributed by atoms with Gasteiger partial charge in [-0.2, -0.15) is 4.31 Å². The fourth-order valence-electron chi connectivity index (χ4n) is 4.47. The summed E-state index contributed by atoms with van der Waals surface area (Å²) in [5.41, 5.74) is 0.756. The van der Waals surface area contributed by atoms with Crippen molar-refractivity contribution >= 4 is 27.5 Å². The van der Waals surface area contributed by atoms with Gasteiger partial charge in [0, 0.05) is 25.2 Å². The molecule has 2 N–H and O–H groups in total. The summed E-state index contributed by atoms with van der Waals surface area (Å²) < 4.78 is 40.5. The maximum absolute atomic E-state index is 13.6. The Balaban J connectivity index is 1.64. The summed E-state index contributed by atoms with van der Waals surface area (Å²) in [6.07, 6.45) is 0.635. The molecule has 0 unspecified atom stereocenters. The first-order valence-corrected chi connectivity index (χ1v) is 14.0. The lowest BCUT2D eigenvalue weighted by Crippen LogP contribution is -2.50. The molecule has 1 aliphatic rings. The fourth-order valence-corrected chi connectivity index (χ4v) is 5.93. The summed E-state index contributed by atoms with van der Waals surface area (Å²) in [5.74, 6) is -0.716. The molecule has 216 valence electrons. The predicted molar refractivity (Wildman–Crippen MR) is 140 cm³/mol. The van der Waals surface area contributed by atoms with E-state index in [1.165, 1.54) is 40.3 Å². The molecule has 3 heterocycles. The lowest BCUT2D eigenvalue weighted by molar-refractivity contribution is -0.116. The van der Waals surface area contributed by atoms with Crippen LogP contribution < -0.4 is 10.1 Å². The number of hydrogen-bond acceptors (Lipinski definition) is 11. The number of sulfonamides is 1. The van der Waals surface area contributed by atoms with Crippen LogP contribution in [0.15, 0.2) is 33.9 Å². The number of carbonyl (C=O) groups excluding carboxylic acids is 2. The molecule has 0 radical (unpaired) electrons. The third-order valence-corrected chi connectivity index (χ3v) is 8.79. The van der Waals surface area contributed by atoms with E-state index < -0.39 is 34.0 Å². The molecule has 3 atom stereocenters. The van der Waals surface area contributed by atoms with Gasteiger partial charge >= 0.3 is 0 Å².